The fourth-order valence-electron chi connectivity index (χ4n) is 2.40. The molecule has 0 saturated carbocycles. The van der Waals surface area contributed by atoms with Gasteiger partial charge in [-0.1, -0.05) is 13.0 Å². The van der Waals surface area contributed by atoms with Crippen LogP contribution in [0.3, 0.4) is 0 Å². The molecule has 1 heterocycles. The largest absolute Gasteiger partial charge is 0.326 e. The normalized spacial score (nSPS) is 18.5. The minimum atomic E-state index is -0.164. The Morgan fingerprint density at radius 3 is 2.65 bits per heavy atom. The number of nitrogens with two attached hydrogens (primary N) is 1. The molecule has 0 bridgehead atoms. The molecular weight excluding hydrogens is 215 g/mol. The van der Waals surface area contributed by atoms with Crippen molar-refractivity contribution < 1.29 is 4.39 Å². The van der Waals surface area contributed by atoms with Gasteiger partial charge in [0.2, 0.25) is 0 Å². The summed E-state index contributed by atoms with van der Waals surface area (Å²) in [5.74, 6) is 0.662. The molecule has 2 nitrogen and oxygen atoms in total. The fourth-order valence-corrected chi connectivity index (χ4v) is 2.40. The molecule has 3 heteroatoms. The summed E-state index contributed by atoms with van der Waals surface area (Å²) in [5.41, 5.74) is 7.79. The van der Waals surface area contributed by atoms with Gasteiger partial charge in [0, 0.05) is 13.1 Å². The molecule has 1 saturated heterocycles. The molecule has 2 N–H and O–H groups in total. The second kappa shape index (κ2) is 5.61. The van der Waals surface area contributed by atoms with Crippen molar-refractivity contribution in [1.82, 2.24) is 4.90 Å². The van der Waals surface area contributed by atoms with E-state index in [1.165, 1.54) is 18.9 Å². The molecule has 0 aromatic heterocycles. The standard InChI is InChI=1S/C14H21FN2/c1-11-4-6-17(7-5-11)10-13-8-14(15)3-2-12(13)9-16/h2-3,8,11H,4-7,9-10,16H2,1H3. The van der Waals surface area contributed by atoms with Crippen molar-refractivity contribution in [2.75, 3.05) is 13.1 Å². The Balaban J connectivity index is 2.04. The average molecular weight is 236 g/mol. The maximum absolute atomic E-state index is 13.2. The van der Waals surface area contributed by atoms with Gasteiger partial charge in [0.15, 0.2) is 0 Å². The molecule has 1 aliphatic heterocycles. The summed E-state index contributed by atoms with van der Waals surface area (Å²) in [6.07, 6.45) is 2.49. The third-order valence-electron chi connectivity index (χ3n) is 3.66. The van der Waals surface area contributed by atoms with Gasteiger partial charge in [-0.3, -0.25) is 4.90 Å². The monoisotopic (exact) mass is 236 g/mol. The minimum Gasteiger partial charge on any atom is -0.326 e. The Morgan fingerprint density at radius 2 is 2.00 bits per heavy atom. The highest BCUT2D eigenvalue weighted by Crippen LogP contribution is 2.20. The van der Waals surface area contributed by atoms with Crippen LogP contribution in [0.25, 0.3) is 0 Å². The fraction of sp³-hybridized carbons (Fsp3) is 0.571. The van der Waals surface area contributed by atoms with Crippen molar-refractivity contribution in [1.29, 1.82) is 0 Å². The molecule has 0 unspecified atom stereocenters. The van der Waals surface area contributed by atoms with Crippen LogP contribution in [0.4, 0.5) is 4.39 Å². The highest BCUT2D eigenvalue weighted by Gasteiger charge is 2.16. The Labute approximate surface area is 103 Å². The molecule has 0 radical (unpaired) electrons. The van der Waals surface area contributed by atoms with E-state index in [0.29, 0.717) is 6.54 Å². The SMILES string of the molecule is CC1CCN(Cc2cc(F)ccc2CN)CC1. The zero-order valence-corrected chi connectivity index (χ0v) is 10.5. The Hall–Kier alpha value is -0.930. The molecule has 17 heavy (non-hydrogen) atoms. The lowest BCUT2D eigenvalue weighted by Crippen LogP contribution is -2.32. The predicted molar refractivity (Wildman–Crippen MR) is 68.0 cm³/mol. The number of likely N-dealkylation sites (tertiary alicyclic amines) is 1. The van der Waals surface area contributed by atoms with Gasteiger partial charge in [-0.15, -0.1) is 0 Å². The van der Waals surface area contributed by atoms with E-state index in [4.69, 9.17) is 5.73 Å². The van der Waals surface area contributed by atoms with Crippen LogP contribution in [0.15, 0.2) is 18.2 Å². The second-order valence-electron chi connectivity index (χ2n) is 5.08. The van der Waals surface area contributed by atoms with Crippen LogP contribution in [0.2, 0.25) is 0 Å². The molecule has 94 valence electrons. The number of piperidine rings is 1. The first kappa shape index (κ1) is 12.5. The summed E-state index contributed by atoms with van der Waals surface area (Å²) >= 11 is 0. The molecule has 0 atom stereocenters. The van der Waals surface area contributed by atoms with Gasteiger partial charge >= 0.3 is 0 Å². The Bertz CT molecular complexity index is 370. The van der Waals surface area contributed by atoms with Crippen molar-refractivity contribution in [3.8, 4) is 0 Å². The third-order valence-corrected chi connectivity index (χ3v) is 3.66. The van der Waals surface area contributed by atoms with Gasteiger partial charge < -0.3 is 5.73 Å². The molecule has 1 aromatic rings. The van der Waals surface area contributed by atoms with Gasteiger partial charge in [-0.2, -0.15) is 0 Å². The summed E-state index contributed by atoms with van der Waals surface area (Å²) in [5, 5.41) is 0. The van der Waals surface area contributed by atoms with Crippen molar-refractivity contribution in [2.45, 2.75) is 32.9 Å². The van der Waals surface area contributed by atoms with Crippen molar-refractivity contribution in [3.63, 3.8) is 0 Å². The zero-order valence-electron chi connectivity index (χ0n) is 10.5. The summed E-state index contributed by atoms with van der Waals surface area (Å²) < 4.78 is 13.2. The molecule has 1 aromatic carbocycles. The number of halogens is 1. The lowest BCUT2D eigenvalue weighted by Gasteiger charge is -2.30. The number of nitrogens with zero attached hydrogens (tertiary/aromatic N) is 1. The van der Waals surface area contributed by atoms with E-state index in [9.17, 15) is 4.39 Å². The molecule has 0 aliphatic carbocycles. The average Bonchev–Trinajstić information content (AvgIpc) is 2.32. The molecule has 0 amide bonds. The van der Waals surface area contributed by atoms with Crippen LogP contribution in [-0.2, 0) is 13.1 Å². The molecule has 1 fully saturated rings. The predicted octanol–water partition coefficient (Wildman–Crippen LogP) is 2.52. The van der Waals surface area contributed by atoms with Crippen molar-refractivity contribution >= 4 is 0 Å². The molecule has 2 rings (SSSR count). The number of rotatable bonds is 3. The van der Waals surface area contributed by atoms with E-state index >= 15 is 0 Å². The number of hydrogen-bond donors (Lipinski definition) is 1. The minimum absolute atomic E-state index is 0.164. The van der Waals surface area contributed by atoms with E-state index in [-0.39, 0.29) is 5.82 Å². The van der Waals surface area contributed by atoms with E-state index in [2.05, 4.69) is 11.8 Å². The lowest BCUT2D eigenvalue weighted by atomic mass is 9.98. The van der Waals surface area contributed by atoms with Gasteiger partial charge in [0.1, 0.15) is 5.82 Å². The van der Waals surface area contributed by atoms with Gasteiger partial charge in [0.05, 0.1) is 0 Å². The van der Waals surface area contributed by atoms with Crippen molar-refractivity contribution in [2.24, 2.45) is 11.7 Å². The molecule has 1 aliphatic rings. The molecular formula is C14H21FN2. The number of hydrogen-bond acceptors (Lipinski definition) is 2. The summed E-state index contributed by atoms with van der Waals surface area (Å²) in [7, 11) is 0. The zero-order chi connectivity index (χ0) is 12.3. The van der Waals surface area contributed by atoms with E-state index in [1.807, 2.05) is 0 Å². The van der Waals surface area contributed by atoms with E-state index in [1.54, 1.807) is 12.1 Å². The lowest BCUT2D eigenvalue weighted by molar-refractivity contribution is 0.184. The second-order valence-corrected chi connectivity index (χ2v) is 5.08. The van der Waals surface area contributed by atoms with Crippen LogP contribution in [0.5, 0.6) is 0 Å². The first-order chi connectivity index (χ1) is 8.19. The maximum atomic E-state index is 13.2. The van der Waals surface area contributed by atoms with Crippen LogP contribution >= 0.6 is 0 Å². The summed E-state index contributed by atoms with van der Waals surface area (Å²) in [4.78, 5) is 2.40. The number of benzene rings is 1. The summed E-state index contributed by atoms with van der Waals surface area (Å²) in [6.45, 7) is 5.84. The van der Waals surface area contributed by atoms with Gasteiger partial charge in [0.25, 0.3) is 0 Å². The van der Waals surface area contributed by atoms with Gasteiger partial charge in [-0.25, -0.2) is 4.39 Å². The van der Waals surface area contributed by atoms with Crippen molar-refractivity contribution in [3.05, 3.63) is 35.1 Å². The van der Waals surface area contributed by atoms with Gasteiger partial charge in [-0.05, 0) is 55.1 Å². The maximum Gasteiger partial charge on any atom is 0.123 e. The first-order valence-electron chi connectivity index (χ1n) is 6.38. The highest BCUT2D eigenvalue weighted by molar-refractivity contribution is 5.27. The van der Waals surface area contributed by atoms with E-state index < -0.39 is 0 Å². The Kier molecular flexibility index (Phi) is 4.13. The topological polar surface area (TPSA) is 29.3 Å². The van der Waals surface area contributed by atoms with Crippen LogP contribution in [0.1, 0.15) is 30.9 Å². The quantitative estimate of drug-likeness (QED) is 0.873. The molecule has 0 spiro atoms. The van der Waals surface area contributed by atoms with Crippen LogP contribution in [-0.4, -0.2) is 18.0 Å². The van der Waals surface area contributed by atoms with Crippen LogP contribution in [0, 0.1) is 11.7 Å². The Morgan fingerprint density at radius 1 is 1.29 bits per heavy atom. The smallest absolute Gasteiger partial charge is 0.123 e. The first-order valence-corrected chi connectivity index (χ1v) is 6.38. The van der Waals surface area contributed by atoms with E-state index in [0.717, 1.165) is 36.7 Å². The third kappa shape index (κ3) is 3.27. The highest BCUT2D eigenvalue weighted by atomic mass is 19.1. The summed E-state index contributed by atoms with van der Waals surface area (Å²) in [6, 6.07) is 4.92. The van der Waals surface area contributed by atoms with Crippen LogP contribution < -0.4 is 5.73 Å².